The fourth-order valence-corrected chi connectivity index (χ4v) is 3.68. The predicted molar refractivity (Wildman–Crippen MR) is 109 cm³/mol. The van der Waals surface area contributed by atoms with Gasteiger partial charge in [-0.15, -0.1) is 0 Å². The molecule has 0 bridgehead atoms. The van der Waals surface area contributed by atoms with Crippen LogP contribution in [-0.2, 0) is 10.2 Å². The van der Waals surface area contributed by atoms with Gasteiger partial charge in [0.05, 0.1) is 30.3 Å². The highest BCUT2D eigenvalue weighted by Crippen LogP contribution is 2.37. The van der Waals surface area contributed by atoms with Crippen molar-refractivity contribution in [2.24, 2.45) is 0 Å². The molecule has 1 saturated heterocycles. The van der Waals surface area contributed by atoms with E-state index in [9.17, 15) is 0 Å². The van der Waals surface area contributed by atoms with Gasteiger partial charge in [-0.25, -0.2) is 9.97 Å². The van der Waals surface area contributed by atoms with Crippen molar-refractivity contribution in [1.29, 1.82) is 0 Å². The number of hydrogen-bond donors (Lipinski definition) is 2. The van der Waals surface area contributed by atoms with Crippen molar-refractivity contribution in [3.63, 3.8) is 0 Å². The van der Waals surface area contributed by atoms with Crippen molar-refractivity contribution in [2.75, 3.05) is 25.1 Å². The largest absolute Gasteiger partial charge is 0.478 e. The Labute approximate surface area is 164 Å². The lowest BCUT2D eigenvalue weighted by atomic mass is 9.81. The number of aromatic nitrogens is 4. The van der Waals surface area contributed by atoms with E-state index in [2.05, 4.69) is 46.5 Å². The lowest BCUT2D eigenvalue weighted by Crippen LogP contribution is -2.23. The third kappa shape index (κ3) is 3.54. The van der Waals surface area contributed by atoms with E-state index in [0.29, 0.717) is 12.5 Å². The van der Waals surface area contributed by atoms with Crippen LogP contribution in [0.3, 0.4) is 0 Å². The number of ether oxygens (including phenoxy) is 2. The van der Waals surface area contributed by atoms with Crippen LogP contribution in [0.4, 0.5) is 5.69 Å². The average Bonchev–Trinajstić information content (AvgIpc) is 3.38. The van der Waals surface area contributed by atoms with Crippen molar-refractivity contribution in [3.05, 3.63) is 41.9 Å². The molecule has 7 heteroatoms. The SMILES string of the molecule is CCOc1ncccc1C(C)(C)c1cc(NC[C@H]2CCCO2)c2[nH]ncc2n1. The van der Waals surface area contributed by atoms with Crippen LogP contribution in [0.5, 0.6) is 5.88 Å². The third-order valence-corrected chi connectivity index (χ3v) is 5.32. The minimum atomic E-state index is -0.384. The highest BCUT2D eigenvalue weighted by atomic mass is 16.5. The van der Waals surface area contributed by atoms with Crippen LogP contribution >= 0.6 is 0 Å². The first-order valence-corrected chi connectivity index (χ1v) is 9.88. The first-order valence-electron chi connectivity index (χ1n) is 9.88. The highest BCUT2D eigenvalue weighted by Gasteiger charge is 2.30. The maximum Gasteiger partial charge on any atom is 0.217 e. The normalized spacial score (nSPS) is 17.2. The van der Waals surface area contributed by atoms with Crippen LogP contribution in [-0.4, -0.2) is 46.0 Å². The quantitative estimate of drug-likeness (QED) is 0.650. The van der Waals surface area contributed by atoms with Crippen LogP contribution in [0.1, 0.15) is 44.9 Å². The van der Waals surface area contributed by atoms with E-state index < -0.39 is 0 Å². The number of rotatable bonds is 7. The summed E-state index contributed by atoms with van der Waals surface area (Å²) in [4.78, 5) is 9.30. The second-order valence-corrected chi connectivity index (χ2v) is 7.62. The molecule has 2 N–H and O–H groups in total. The third-order valence-electron chi connectivity index (χ3n) is 5.32. The van der Waals surface area contributed by atoms with E-state index in [1.54, 1.807) is 12.4 Å². The molecule has 0 amide bonds. The van der Waals surface area contributed by atoms with Gasteiger partial charge in [-0.1, -0.05) is 6.07 Å². The summed E-state index contributed by atoms with van der Waals surface area (Å²) >= 11 is 0. The van der Waals surface area contributed by atoms with Gasteiger partial charge in [-0.2, -0.15) is 5.10 Å². The van der Waals surface area contributed by atoms with Crippen LogP contribution in [0.15, 0.2) is 30.6 Å². The molecule has 3 aromatic rings. The smallest absolute Gasteiger partial charge is 0.217 e. The van der Waals surface area contributed by atoms with Crippen LogP contribution in [0.25, 0.3) is 11.0 Å². The maximum absolute atomic E-state index is 5.77. The first-order chi connectivity index (χ1) is 13.6. The Kier molecular flexibility index (Phi) is 5.17. The van der Waals surface area contributed by atoms with Gasteiger partial charge >= 0.3 is 0 Å². The summed E-state index contributed by atoms with van der Waals surface area (Å²) < 4.78 is 11.5. The summed E-state index contributed by atoms with van der Waals surface area (Å²) in [5, 5.41) is 10.8. The molecule has 1 aliphatic rings. The van der Waals surface area contributed by atoms with Gasteiger partial charge in [0, 0.05) is 30.3 Å². The summed E-state index contributed by atoms with van der Waals surface area (Å²) in [6.07, 6.45) is 5.99. The Bertz CT molecular complexity index is 947. The monoisotopic (exact) mass is 381 g/mol. The lowest BCUT2D eigenvalue weighted by Gasteiger charge is -2.27. The molecule has 0 unspecified atom stereocenters. The molecule has 148 valence electrons. The number of hydrogen-bond acceptors (Lipinski definition) is 6. The lowest BCUT2D eigenvalue weighted by molar-refractivity contribution is 0.120. The van der Waals surface area contributed by atoms with Crippen LogP contribution in [0, 0.1) is 0 Å². The second-order valence-electron chi connectivity index (χ2n) is 7.62. The van der Waals surface area contributed by atoms with Gasteiger partial charge < -0.3 is 14.8 Å². The Hall–Kier alpha value is -2.67. The van der Waals surface area contributed by atoms with E-state index in [-0.39, 0.29) is 11.5 Å². The second kappa shape index (κ2) is 7.75. The number of anilines is 1. The molecule has 7 nitrogen and oxygen atoms in total. The first kappa shape index (κ1) is 18.7. The fourth-order valence-electron chi connectivity index (χ4n) is 3.68. The molecule has 4 rings (SSSR count). The van der Waals surface area contributed by atoms with Crippen molar-refractivity contribution in [2.45, 2.75) is 45.1 Å². The van der Waals surface area contributed by atoms with Crippen molar-refractivity contribution >= 4 is 16.7 Å². The van der Waals surface area contributed by atoms with Crippen molar-refractivity contribution < 1.29 is 9.47 Å². The topological polar surface area (TPSA) is 85.0 Å². The summed E-state index contributed by atoms with van der Waals surface area (Å²) in [6, 6.07) is 6.09. The minimum Gasteiger partial charge on any atom is -0.478 e. The van der Waals surface area contributed by atoms with E-state index in [0.717, 1.165) is 54.0 Å². The van der Waals surface area contributed by atoms with Gasteiger partial charge in [0.1, 0.15) is 11.0 Å². The standard InChI is InChI=1S/C21H27N5O2/c1-4-27-20-15(8-5-9-22-20)21(2,3)18-11-16(19-17(25-18)13-24-26-19)23-12-14-7-6-10-28-14/h5,8-9,11,13-14H,4,6-7,10,12H2,1-3H3,(H,23,25)(H,24,26)/t14-/m1/s1. The van der Waals surface area contributed by atoms with E-state index >= 15 is 0 Å². The minimum absolute atomic E-state index is 0.255. The average molecular weight is 381 g/mol. The summed E-state index contributed by atoms with van der Waals surface area (Å²) in [5.41, 5.74) is 4.30. The zero-order chi connectivity index (χ0) is 19.6. The molecule has 1 fully saturated rings. The maximum atomic E-state index is 5.77. The Balaban J connectivity index is 1.71. The molecule has 4 heterocycles. The molecular weight excluding hydrogens is 354 g/mol. The highest BCUT2D eigenvalue weighted by molar-refractivity contribution is 5.87. The molecule has 0 radical (unpaired) electrons. The Morgan fingerprint density at radius 3 is 3.07 bits per heavy atom. The van der Waals surface area contributed by atoms with Gasteiger partial charge in [-0.05, 0) is 45.7 Å². The van der Waals surface area contributed by atoms with Gasteiger partial charge in [0.2, 0.25) is 5.88 Å². The number of aromatic amines is 1. The van der Waals surface area contributed by atoms with Crippen LogP contribution < -0.4 is 10.1 Å². The molecule has 1 aliphatic heterocycles. The Morgan fingerprint density at radius 2 is 2.29 bits per heavy atom. The summed E-state index contributed by atoms with van der Waals surface area (Å²) in [6.45, 7) is 8.45. The number of fused-ring (bicyclic) bond motifs is 1. The van der Waals surface area contributed by atoms with E-state index in [1.807, 2.05) is 13.0 Å². The number of pyridine rings is 2. The molecule has 0 saturated carbocycles. The number of nitrogens with zero attached hydrogens (tertiary/aromatic N) is 3. The van der Waals surface area contributed by atoms with Gasteiger partial charge in [0.25, 0.3) is 0 Å². The molecule has 1 atom stereocenters. The summed E-state index contributed by atoms with van der Waals surface area (Å²) in [5.74, 6) is 0.651. The van der Waals surface area contributed by atoms with Crippen molar-refractivity contribution in [1.82, 2.24) is 20.2 Å². The van der Waals surface area contributed by atoms with Gasteiger partial charge in [-0.3, -0.25) is 5.10 Å². The van der Waals surface area contributed by atoms with Crippen LogP contribution in [0.2, 0.25) is 0 Å². The molecule has 0 aromatic carbocycles. The molecular formula is C21H27N5O2. The molecule has 0 aliphatic carbocycles. The number of nitrogens with one attached hydrogen (secondary N) is 2. The molecule has 28 heavy (non-hydrogen) atoms. The fraction of sp³-hybridized carbons (Fsp3) is 0.476. The summed E-state index contributed by atoms with van der Waals surface area (Å²) in [7, 11) is 0. The zero-order valence-electron chi connectivity index (χ0n) is 16.7. The molecule has 0 spiro atoms. The van der Waals surface area contributed by atoms with E-state index in [1.165, 1.54) is 0 Å². The molecule has 3 aromatic heterocycles. The van der Waals surface area contributed by atoms with Gasteiger partial charge in [0.15, 0.2) is 0 Å². The predicted octanol–water partition coefficient (Wildman–Crippen LogP) is 3.67. The number of H-pyrrole nitrogens is 1. The Morgan fingerprint density at radius 1 is 1.39 bits per heavy atom. The zero-order valence-corrected chi connectivity index (χ0v) is 16.7. The van der Waals surface area contributed by atoms with Crippen molar-refractivity contribution in [3.8, 4) is 5.88 Å². The van der Waals surface area contributed by atoms with E-state index in [4.69, 9.17) is 14.5 Å².